The minimum atomic E-state index is -0.597. The molecule has 6 heteroatoms. The molecule has 0 bridgehead atoms. The third kappa shape index (κ3) is 7.20. The van der Waals surface area contributed by atoms with Gasteiger partial charge in [0, 0.05) is 18.3 Å². The van der Waals surface area contributed by atoms with Crippen LogP contribution in [0.4, 0.5) is 4.39 Å². The van der Waals surface area contributed by atoms with Crippen molar-refractivity contribution in [2.75, 3.05) is 5.75 Å². The Labute approximate surface area is 176 Å². The molecule has 1 N–H and O–H groups in total. The highest BCUT2D eigenvalue weighted by Gasteiger charge is 2.26. The van der Waals surface area contributed by atoms with E-state index in [2.05, 4.69) is 5.32 Å². The molecule has 0 spiro atoms. The number of nitrogens with one attached hydrogen (secondary N) is 1. The number of amides is 2. The van der Waals surface area contributed by atoms with Gasteiger partial charge in [-0.1, -0.05) is 48.0 Å². The fourth-order valence-corrected chi connectivity index (χ4v) is 3.72. The van der Waals surface area contributed by atoms with E-state index in [0.29, 0.717) is 17.9 Å². The summed E-state index contributed by atoms with van der Waals surface area (Å²) in [5.74, 6) is -0.00502. The Morgan fingerprint density at radius 3 is 2.34 bits per heavy atom. The first-order valence-corrected chi connectivity index (χ1v) is 10.9. The lowest BCUT2D eigenvalue weighted by atomic mass is 10.1. The van der Waals surface area contributed by atoms with E-state index < -0.39 is 6.04 Å². The average Bonchev–Trinajstić information content (AvgIpc) is 2.68. The molecule has 0 radical (unpaired) electrons. The van der Waals surface area contributed by atoms with Crippen molar-refractivity contribution in [2.24, 2.45) is 0 Å². The number of benzene rings is 2. The maximum Gasteiger partial charge on any atom is 0.242 e. The molecule has 0 aliphatic rings. The summed E-state index contributed by atoms with van der Waals surface area (Å²) in [7, 11) is 0. The van der Waals surface area contributed by atoms with E-state index in [-0.39, 0.29) is 29.4 Å². The number of hydrogen-bond acceptors (Lipinski definition) is 3. The summed E-state index contributed by atoms with van der Waals surface area (Å²) in [6.07, 6.45) is 0. The molecule has 2 aromatic rings. The molecule has 0 saturated heterocycles. The van der Waals surface area contributed by atoms with Gasteiger partial charge in [-0.2, -0.15) is 0 Å². The third-order valence-electron chi connectivity index (χ3n) is 4.51. The van der Waals surface area contributed by atoms with Gasteiger partial charge in [-0.3, -0.25) is 9.59 Å². The lowest BCUT2D eigenvalue weighted by molar-refractivity contribution is -0.138. The van der Waals surface area contributed by atoms with Crippen LogP contribution in [0.5, 0.6) is 0 Å². The Kier molecular flexibility index (Phi) is 8.70. The second kappa shape index (κ2) is 11.0. The summed E-state index contributed by atoms with van der Waals surface area (Å²) in [5, 5.41) is 2.87. The molecule has 0 saturated carbocycles. The van der Waals surface area contributed by atoms with Gasteiger partial charge in [0.05, 0.1) is 5.75 Å². The number of thioether (sulfide) groups is 1. The highest BCUT2D eigenvalue weighted by Crippen LogP contribution is 2.18. The van der Waals surface area contributed by atoms with Crippen LogP contribution in [0.15, 0.2) is 48.5 Å². The van der Waals surface area contributed by atoms with Crippen molar-refractivity contribution in [3.8, 4) is 0 Å². The summed E-state index contributed by atoms with van der Waals surface area (Å²) in [4.78, 5) is 27.1. The van der Waals surface area contributed by atoms with Gasteiger partial charge >= 0.3 is 0 Å². The molecule has 4 nitrogen and oxygen atoms in total. The van der Waals surface area contributed by atoms with E-state index >= 15 is 0 Å². The molecule has 1 atom stereocenters. The van der Waals surface area contributed by atoms with Gasteiger partial charge in [0.15, 0.2) is 0 Å². The van der Waals surface area contributed by atoms with Gasteiger partial charge in [-0.15, -0.1) is 11.8 Å². The van der Waals surface area contributed by atoms with Crippen molar-refractivity contribution < 1.29 is 14.0 Å². The SMILES string of the molecule is Cc1ccc(CN(C(=O)CSCc2ccccc2F)[C@H](C)C(=O)NC(C)C)cc1. The lowest BCUT2D eigenvalue weighted by Gasteiger charge is -2.29. The predicted molar refractivity (Wildman–Crippen MR) is 117 cm³/mol. The van der Waals surface area contributed by atoms with Gasteiger partial charge in [0.2, 0.25) is 11.8 Å². The highest BCUT2D eigenvalue weighted by molar-refractivity contribution is 7.99. The molecule has 0 aromatic heterocycles. The van der Waals surface area contributed by atoms with Crippen molar-refractivity contribution >= 4 is 23.6 Å². The van der Waals surface area contributed by atoms with Crippen LogP contribution in [0, 0.1) is 12.7 Å². The summed E-state index contributed by atoms with van der Waals surface area (Å²) in [6.45, 7) is 7.88. The fourth-order valence-electron chi connectivity index (χ4n) is 2.82. The molecule has 0 unspecified atom stereocenters. The topological polar surface area (TPSA) is 49.4 Å². The molecule has 0 fully saturated rings. The number of carbonyl (C=O) groups is 2. The Morgan fingerprint density at radius 2 is 1.72 bits per heavy atom. The molecule has 0 aliphatic carbocycles. The summed E-state index contributed by atoms with van der Waals surface area (Å²) in [6, 6.07) is 13.9. The summed E-state index contributed by atoms with van der Waals surface area (Å²) >= 11 is 1.35. The van der Waals surface area contributed by atoms with Crippen LogP contribution in [-0.2, 0) is 21.9 Å². The number of hydrogen-bond donors (Lipinski definition) is 1. The maximum atomic E-state index is 13.8. The van der Waals surface area contributed by atoms with Crippen molar-refractivity contribution in [1.29, 1.82) is 0 Å². The minimum absolute atomic E-state index is 0.00305. The normalized spacial score (nSPS) is 11.9. The smallest absolute Gasteiger partial charge is 0.242 e. The molecule has 29 heavy (non-hydrogen) atoms. The fraction of sp³-hybridized carbons (Fsp3) is 0.391. The van der Waals surface area contributed by atoms with E-state index in [0.717, 1.165) is 11.1 Å². The first kappa shape index (κ1) is 22.9. The second-order valence-electron chi connectivity index (χ2n) is 7.43. The zero-order valence-corrected chi connectivity index (χ0v) is 18.3. The van der Waals surface area contributed by atoms with Gasteiger partial charge in [0.1, 0.15) is 11.9 Å². The second-order valence-corrected chi connectivity index (χ2v) is 8.42. The van der Waals surface area contributed by atoms with Crippen LogP contribution in [0.3, 0.4) is 0 Å². The Hall–Kier alpha value is -2.34. The number of nitrogens with zero attached hydrogens (tertiary/aromatic N) is 1. The molecular formula is C23H29FN2O2S. The minimum Gasteiger partial charge on any atom is -0.352 e. The zero-order chi connectivity index (χ0) is 21.4. The van der Waals surface area contributed by atoms with E-state index in [4.69, 9.17) is 0 Å². The van der Waals surface area contributed by atoms with E-state index in [1.54, 1.807) is 30.0 Å². The molecular weight excluding hydrogens is 387 g/mol. The molecule has 2 amide bonds. The van der Waals surface area contributed by atoms with Crippen LogP contribution in [0.1, 0.15) is 37.5 Å². The predicted octanol–water partition coefficient (Wildman–Crippen LogP) is 4.31. The zero-order valence-electron chi connectivity index (χ0n) is 17.4. The number of rotatable bonds is 9. The van der Waals surface area contributed by atoms with E-state index in [9.17, 15) is 14.0 Å². The van der Waals surface area contributed by atoms with Gasteiger partial charge in [-0.05, 0) is 44.9 Å². The number of carbonyl (C=O) groups excluding carboxylic acids is 2. The van der Waals surface area contributed by atoms with Gasteiger partial charge in [-0.25, -0.2) is 4.39 Å². The monoisotopic (exact) mass is 416 g/mol. The third-order valence-corrected chi connectivity index (χ3v) is 5.48. The van der Waals surface area contributed by atoms with Crippen molar-refractivity contribution in [3.63, 3.8) is 0 Å². The molecule has 2 aromatic carbocycles. The molecule has 156 valence electrons. The molecule has 0 heterocycles. The average molecular weight is 417 g/mol. The van der Waals surface area contributed by atoms with Gasteiger partial charge in [0.25, 0.3) is 0 Å². The Balaban J connectivity index is 2.07. The van der Waals surface area contributed by atoms with Crippen LogP contribution in [0.2, 0.25) is 0 Å². The summed E-state index contributed by atoms with van der Waals surface area (Å²) in [5.41, 5.74) is 2.67. The van der Waals surface area contributed by atoms with E-state index in [1.165, 1.54) is 17.8 Å². The number of halogens is 1. The Morgan fingerprint density at radius 1 is 1.07 bits per heavy atom. The van der Waals surface area contributed by atoms with E-state index in [1.807, 2.05) is 45.0 Å². The van der Waals surface area contributed by atoms with Crippen LogP contribution in [-0.4, -0.2) is 34.6 Å². The largest absolute Gasteiger partial charge is 0.352 e. The molecule has 2 rings (SSSR count). The lowest BCUT2D eigenvalue weighted by Crippen LogP contribution is -2.49. The Bertz CT molecular complexity index is 824. The van der Waals surface area contributed by atoms with Crippen LogP contribution < -0.4 is 5.32 Å². The van der Waals surface area contributed by atoms with Crippen molar-refractivity contribution in [3.05, 3.63) is 71.0 Å². The van der Waals surface area contributed by atoms with Crippen molar-refractivity contribution in [2.45, 2.75) is 52.1 Å². The number of aryl methyl sites for hydroxylation is 1. The first-order chi connectivity index (χ1) is 13.8. The standard InChI is InChI=1S/C23H29FN2O2S/c1-16(2)25-23(28)18(4)26(13-19-11-9-17(3)10-12-19)22(27)15-29-14-20-7-5-6-8-21(20)24/h5-12,16,18H,13-15H2,1-4H3,(H,25,28)/t18-/m1/s1. The van der Waals surface area contributed by atoms with Crippen LogP contribution >= 0.6 is 11.8 Å². The molecule has 0 aliphatic heterocycles. The first-order valence-electron chi connectivity index (χ1n) is 9.74. The summed E-state index contributed by atoms with van der Waals surface area (Å²) < 4.78 is 13.8. The maximum absolute atomic E-state index is 13.8. The van der Waals surface area contributed by atoms with Gasteiger partial charge < -0.3 is 10.2 Å². The van der Waals surface area contributed by atoms with Crippen LogP contribution in [0.25, 0.3) is 0 Å². The van der Waals surface area contributed by atoms with Crippen molar-refractivity contribution in [1.82, 2.24) is 10.2 Å². The highest BCUT2D eigenvalue weighted by atomic mass is 32.2. The quantitative estimate of drug-likeness (QED) is 0.663.